The summed E-state index contributed by atoms with van der Waals surface area (Å²) in [5.74, 6) is -1.03. The molecule has 110 valence electrons. The predicted octanol–water partition coefficient (Wildman–Crippen LogP) is 4.51. The monoisotopic (exact) mass is 314 g/mol. The molecule has 2 nitrogen and oxygen atoms in total. The van der Waals surface area contributed by atoms with Gasteiger partial charge in [-0.05, 0) is 35.9 Å². The van der Waals surface area contributed by atoms with Gasteiger partial charge < -0.3 is 4.74 Å². The van der Waals surface area contributed by atoms with Crippen LogP contribution in [-0.2, 0) is 6.42 Å². The van der Waals surface area contributed by atoms with Gasteiger partial charge in [0.15, 0.2) is 5.78 Å². The average Bonchev–Trinajstić information content (AvgIpc) is 2.44. The van der Waals surface area contributed by atoms with Gasteiger partial charge in [-0.1, -0.05) is 23.7 Å². The molecule has 0 radical (unpaired) electrons. The summed E-state index contributed by atoms with van der Waals surface area (Å²) in [6.07, 6.45) is -0.165. The number of ether oxygens (including phenoxy) is 1. The van der Waals surface area contributed by atoms with E-state index in [1.165, 1.54) is 36.4 Å². The summed E-state index contributed by atoms with van der Waals surface area (Å²) in [5, 5.41) is -0.0546. The van der Waals surface area contributed by atoms with Crippen molar-refractivity contribution in [2.45, 2.75) is 13.0 Å². The molecule has 0 aliphatic carbocycles. The second kappa shape index (κ2) is 6.63. The van der Waals surface area contributed by atoms with Gasteiger partial charge in [0.05, 0.1) is 5.02 Å². The Morgan fingerprint density at radius 3 is 2.43 bits per heavy atom. The Labute approximate surface area is 124 Å². The van der Waals surface area contributed by atoms with Gasteiger partial charge in [0, 0.05) is 12.0 Å². The lowest BCUT2D eigenvalue weighted by Crippen LogP contribution is -2.06. The minimum absolute atomic E-state index is 0.0458. The van der Waals surface area contributed by atoms with E-state index in [-0.39, 0.29) is 34.1 Å². The summed E-state index contributed by atoms with van der Waals surface area (Å²) in [6, 6.07) is 9.62. The minimum Gasteiger partial charge on any atom is -0.435 e. The van der Waals surface area contributed by atoms with Gasteiger partial charge in [-0.15, -0.1) is 0 Å². The van der Waals surface area contributed by atoms with Gasteiger partial charge in [0.2, 0.25) is 0 Å². The molecule has 0 saturated heterocycles. The first-order valence-electron chi connectivity index (χ1n) is 5.98. The molecule has 21 heavy (non-hydrogen) atoms. The molecule has 0 spiro atoms. The van der Waals surface area contributed by atoms with Gasteiger partial charge >= 0.3 is 6.61 Å². The van der Waals surface area contributed by atoms with E-state index >= 15 is 0 Å². The highest BCUT2D eigenvalue weighted by atomic mass is 35.5. The Hall–Kier alpha value is -2.01. The van der Waals surface area contributed by atoms with E-state index in [0.29, 0.717) is 0 Å². The maximum Gasteiger partial charge on any atom is 0.387 e. The lowest BCUT2D eigenvalue weighted by atomic mass is 10.0. The molecule has 0 aliphatic rings. The van der Waals surface area contributed by atoms with Crippen molar-refractivity contribution in [1.82, 2.24) is 0 Å². The van der Waals surface area contributed by atoms with Crippen LogP contribution in [-0.4, -0.2) is 12.4 Å². The molecular formula is C15H10ClF3O2. The van der Waals surface area contributed by atoms with Crippen LogP contribution in [0.5, 0.6) is 5.75 Å². The fourth-order valence-corrected chi connectivity index (χ4v) is 1.98. The van der Waals surface area contributed by atoms with Crippen LogP contribution in [0.2, 0.25) is 5.02 Å². The van der Waals surface area contributed by atoms with Crippen molar-refractivity contribution in [3.05, 3.63) is 64.4 Å². The van der Waals surface area contributed by atoms with Crippen LogP contribution < -0.4 is 4.74 Å². The molecule has 0 aromatic heterocycles. The number of benzene rings is 2. The Kier molecular flexibility index (Phi) is 4.85. The molecule has 6 heteroatoms. The second-order valence-electron chi connectivity index (χ2n) is 4.22. The summed E-state index contributed by atoms with van der Waals surface area (Å²) in [5.41, 5.74) is 0.455. The van der Waals surface area contributed by atoms with Crippen molar-refractivity contribution in [2.24, 2.45) is 0 Å². The van der Waals surface area contributed by atoms with Crippen molar-refractivity contribution in [1.29, 1.82) is 0 Å². The quantitative estimate of drug-likeness (QED) is 0.759. The van der Waals surface area contributed by atoms with Gasteiger partial charge in [0.25, 0.3) is 0 Å². The van der Waals surface area contributed by atoms with Crippen molar-refractivity contribution in [2.75, 3.05) is 0 Å². The number of Topliss-reactive ketones (excluding diaryl/α,β-unsaturated/α-hetero) is 1. The van der Waals surface area contributed by atoms with Crippen LogP contribution in [0.3, 0.4) is 0 Å². The summed E-state index contributed by atoms with van der Waals surface area (Å²) in [4.78, 5) is 12.0. The first kappa shape index (κ1) is 15.4. The Morgan fingerprint density at radius 1 is 1.14 bits per heavy atom. The van der Waals surface area contributed by atoms with E-state index in [9.17, 15) is 18.0 Å². The molecule has 0 heterocycles. The highest BCUT2D eigenvalue weighted by Crippen LogP contribution is 2.20. The van der Waals surface area contributed by atoms with Crippen LogP contribution in [0.15, 0.2) is 42.5 Å². The topological polar surface area (TPSA) is 26.3 Å². The normalized spacial score (nSPS) is 10.7. The van der Waals surface area contributed by atoms with Crippen molar-refractivity contribution < 1.29 is 22.7 Å². The molecular weight excluding hydrogens is 305 g/mol. The summed E-state index contributed by atoms with van der Waals surface area (Å²) in [7, 11) is 0. The number of hydrogen-bond donors (Lipinski definition) is 0. The van der Waals surface area contributed by atoms with E-state index in [1.807, 2.05) is 0 Å². The number of alkyl halides is 2. The van der Waals surface area contributed by atoms with E-state index in [1.54, 1.807) is 6.07 Å². The largest absolute Gasteiger partial charge is 0.435 e. The van der Waals surface area contributed by atoms with E-state index in [4.69, 9.17) is 11.6 Å². The third-order valence-electron chi connectivity index (χ3n) is 2.78. The summed E-state index contributed by atoms with van der Waals surface area (Å²) in [6.45, 7) is -2.92. The Bertz CT molecular complexity index is 642. The first-order chi connectivity index (χ1) is 9.97. The highest BCUT2D eigenvalue weighted by molar-refractivity contribution is 6.30. The van der Waals surface area contributed by atoms with Crippen LogP contribution in [0.1, 0.15) is 15.9 Å². The van der Waals surface area contributed by atoms with Crippen molar-refractivity contribution in [3.63, 3.8) is 0 Å². The molecule has 0 atom stereocenters. The molecule has 2 aromatic carbocycles. The first-order valence-corrected chi connectivity index (χ1v) is 6.36. The number of carbonyl (C=O) groups excluding carboxylic acids is 1. The molecule has 0 N–H and O–H groups in total. The maximum atomic E-state index is 13.7. The van der Waals surface area contributed by atoms with Crippen molar-refractivity contribution in [3.8, 4) is 5.75 Å². The second-order valence-corrected chi connectivity index (χ2v) is 4.62. The molecule has 0 fully saturated rings. The Morgan fingerprint density at radius 2 is 1.81 bits per heavy atom. The zero-order valence-corrected chi connectivity index (χ0v) is 11.4. The zero-order valence-electron chi connectivity index (χ0n) is 10.7. The smallest absolute Gasteiger partial charge is 0.387 e. The molecule has 0 unspecified atom stereocenters. The fraction of sp³-hybridized carbons (Fsp3) is 0.133. The number of hydrogen-bond acceptors (Lipinski definition) is 2. The van der Waals surface area contributed by atoms with Gasteiger partial charge in [-0.3, -0.25) is 4.79 Å². The Balaban J connectivity index is 2.11. The zero-order chi connectivity index (χ0) is 15.4. The summed E-state index contributed by atoms with van der Waals surface area (Å²) < 4.78 is 41.9. The fourth-order valence-electron chi connectivity index (χ4n) is 1.78. The van der Waals surface area contributed by atoms with Crippen LogP contribution >= 0.6 is 11.6 Å². The number of carbonyl (C=O) groups is 1. The van der Waals surface area contributed by atoms with E-state index in [0.717, 1.165) is 0 Å². The standard InChI is InChI=1S/C15H10ClF3O2/c16-12-3-1-2-10(14(12)17)8-13(20)9-4-6-11(7-5-9)21-15(18)19/h1-7,15H,8H2. The van der Waals surface area contributed by atoms with Crippen molar-refractivity contribution >= 4 is 17.4 Å². The van der Waals surface area contributed by atoms with Gasteiger partial charge in [0.1, 0.15) is 11.6 Å². The molecule has 0 aliphatic heterocycles. The maximum absolute atomic E-state index is 13.7. The van der Waals surface area contributed by atoms with Crippen LogP contribution in [0, 0.1) is 5.82 Å². The molecule has 0 bridgehead atoms. The number of rotatable bonds is 5. The highest BCUT2D eigenvalue weighted by Gasteiger charge is 2.13. The lowest BCUT2D eigenvalue weighted by Gasteiger charge is -2.06. The molecule has 2 aromatic rings. The third kappa shape index (κ3) is 3.98. The van der Waals surface area contributed by atoms with E-state index in [2.05, 4.69) is 4.74 Å². The average molecular weight is 315 g/mol. The van der Waals surface area contributed by atoms with Gasteiger partial charge in [-0.2, -0.15) is 8.78 Å². The summed E-state index contributed by atoms with van der Waals surface area (Å²) >= 11 is 5.64. The van der Waals surface area contributed by atoms with Gasteiger partial charge in [-0.25, -0.2) is 4.39 Å². The van der Waals surface area contributed by atoms with Crippen LogP contribution in [0.4, 0.5) is 13.2 Å². The molecule has 0 amide bonds. The lowest BCUT2D eigenvalue weighted by molar-refractivity contribution is -0.0498. The third-order valence-corrected chi connectivity index (χ3v) is 3.08. The van der Waals surface area contributed by atoms with Crippen LogP contribution in [0.25, 0.3) is 0 Å². The van der Waals surface area contributed by atoms with E-state index < -0.39 is 12.4 Å². The predicted molar refractivity (Wildman–Crippen MR) is 72.5 cm³/mol. The minimum atomic E-state index is -2.92. The molecule has 2 rings (SSSR count). The SMILES string of the molecule is O=C(Cc1cccc(Cl)c1F)c1ccc(OC(F)F)cc1. The molecule has 0 saturated carbocycles. The number of halogens is 4. The number of ketones is 1.